The predicted octanol–water partition coefficient (Wildman–Crippen LogP) is -1.66. The summed E-state index contributed by atoms with van der Waals surface area (Å²) in [5.74, 6) is -1.92. The van der Waals surface area contributed by atoms with Crippen LogP contribution in [-0.2, 0) is 19.5 Å². The summed E-state index contributed by atoms with van der Waals surface area (Å²) in [6, 6.07) is 3.32. The van der Waals surface area contributed by atoms with Crippen LogP contribution in [0.2, 0.25) is 0 Å². The number of carbonyl (C=O) groups excluding carboxylic acids is 2. The molecule has 0 aromatic carbocycles. The smallest absolute Gasteiger partial charge is 0.870 e. The van der Waals surface area contributed by atoms with E-state index in [4.69, 9.17) is 10.4 Å². The first-order chi connectivity index (χ1) is 19.0. The van der Waals surface area contributed by atoms with Crippen molar-refractivity contribution in [3.63, 3.8) is 0 Å². The fourth-order valence-corrected chi connectivity index (χ4v) is 4.50. The fraction of sp³-hybridized carbons (Fsp3) is 0. The second kappa shape index (κ2) is 11.8. The molecule has 0 spiro atoms. The first-order valence-corrected chi connectivity index (χ1v) is 12.6. The number of hydrogen-bond acceptors (Lipinski definition) is 12. The van der Waals surface area contributed by atoms with Gasteiger partial charge in [-0.3, -0.25) is 25.0 Å². The second-order valence-corrected chi connectivity index (χ2v) is 9.71. The topological polar surface area (TPSA) is 221 Å². The number of hydroxylamine groups is 2. The molecular weight excluding hydrogens is 567 g/mol. The third kappa shape index (κ3) is 6.17. The summed E-state index contributed by atoms with van der Waals surface area (Å²) in [4.78, 5) is 27.5. The molecule has 16 heteroatoms. The van der Waals surface area contributed by atoms with Gasteiger partial charge < -0.3 is 5.11 Å². The Labute approximate surface area is 254 Å². The number of carbonyl (C=O) groups is 2. The molecule has 4 aliphatic carbocycles. The number of aromatic nitrogens is 1. The van der Waals surface area contributed by atoms with E-state index in [1.165, 1.54) is 36.6 Å². The van der Waals surface area contributed by atoms with Crippen molar-refractivity contribution in [3.05, 3.63) is 112 Å². The van der Waals surface area contributed by atoms with Crippen LogP contribution in [0.15, 0.2) is 121 Å². The van der Waals surface area contributed by atoms with Crippen molar-refractivity contribution >= 4 is 44.9 Å². The van der Waals surface area contributed by atoms with Crippen LogP contribution in [0.4, 0.5) is 0 Å². The van der Waals surface area contributed by atoms with Gasteiger partial charge >= 0.3 is 40.1 Å². The molecule has 0 radical (unpaired) electrons. The molecule has 0 fully saturated rings. The summed E-state index contributed by atoms with van der Waals surface area (Å²) in [6.07, 6.45) is 12.6. The predicted molar refractivity (Wildman–Crippen MR) is 140 cm³/mol. The third-order valence-electron chi connectivity index (χ3n) is 5.72. The minimum Gasteiger partial charge on any atom is -0.870 e. The number of rotatable bonds is 4. The van der Waals surface area contributed by atoms with E-state index in [0.29, 0.717) is 11.3 Å². The maximum atomic E-state index is 13.2. The molecule has 0 saturated carbocycles. The van der Waals surface area contributed by atoms with Crippen molar-refractivity contribution in [2.75, 3.05) is 0 Å². The van der Waals surface area contributed by atoms with Crippen molar-refractivity contribution in [3.8, 4) is 0 Å². The van der Waals surface area contributed by atoms with Gasteiger partial charge in [0, 0.05) is 23.9 Å². The Kier molecular flexibility index (Phi) is 8.62. The summed E-state index contributed by atoms with van der Waals surface area (Å²) in [7, 11) is -4.72. The van der Waals surface area contributed by atoms with E-state index in [-0.39, 0.29) is 74.5 Å². The van der Waals surface area contributed by atoms with Gasteiger partial charge in [0.2, 0.25) is 11.6 Å². The van der Waals surface area contributed by atoms with Gasteiger partial charge in [-0.05, 0) is 63.9 Å². The minimum atomic E-state index is -4.72. The van der Waals surface area contributed by atoms with E-state index in [0.717, 1.165) is 24.3 Å². The molecule has 1 aromatic heterocycles. The van der Waals surface area contributed by atoms with Gasteiger partial charge in [-0.2, -0.15) is 14.2 Å². The molecule has 4 aliphatic rings. The molecule has 0 amide bonds. The largest absolute Gasteiger partial charge is 1.00 e. The van der Waals surface area contributed by atoms with E-state index < -0.39 is 32.7 Å². The van der Waals surface area contributed by atoms with Crippen LogP contribution in [0.5, 0.6) is 0 Å². The molecule has 0 unspecified atom stereocenters. The average molecular weight is 583 g/mol. The molecule has 14 nitrogen and oxygen atoms in total. The molecule has 5 rings (SSSR count). The quantitative estimate of drug-likeness (QED) is 0.137. The van der Waals surface area contributed by atoms with Gasteiger partial charge in [0.25, 0.3) is 4.91 Å². The third-order valence-corrected chi connectivity index (χ3v) is 6.60. The zero-order chi connectivity index (χ0) is 28.6. The first kappa shape index (κ1) is 29.9. The number of ketones is 2. The minimum absolute atomic E-state index is 0. The maximum absolute atomic E-state index is 13.2. The van der Waals surface area contributed by atoms with Crippen LogP contribution in [0.25, 0.3) is 0 Å². The number of pyridine rings is 1. The SMILES string of the molecule is O=C1C=C(N(O)O)C=CC1=NN=C1C([S+](=O)(O)O)=CC2=CC(=NN=C3C=CC(=O)c4ncccc43)C=CC2=C1[O-].[Na+]. The van der Waals surface area contributed by atoms with Gasteiger partial charge in [0.15, 0.2) is 0 Å². The Morgan fingerprint density at radius 2 is 1.59 bits per heavy atom. The van der Waals surface area contributed by atoms with E-state index in [1.54, 1.807) is 12.1 Å². The monoisotopic (exact) mass is 583 g/mol. The summed E-state index contributed by atoms with van der Waals surface area (Å²) in [6.45, 7) is 0. The normalized spacial score (nSPS) is 22.0. The Bertz CT molecular complexity index is 1770. The average Bonchev–Trinajstić information content (AvgIpc) is 2.92. The molecule has 0 saturated heterocycles. The molecule has 200 valence electrons. The standard InChI is InChI=1S/C25H16N6O8S.Na/c32-20-8-7-18(17-2-1-9-26-23(17)20)28-27-14-3-5-16-13(10-14)11-22(40(37,38)39)24(25(16)34)30-29-19-6-4-15(31(35)36)12-21(19)33;/h1-12,35-36H,(H2-,27,32,34,37,38,39);/q;+1. The summed E-state index contributed by atoms with van der Waals surface area (Å²) in [5, 5.41) is 46.5. The number of nitrogens with zero attached hydrogens (tertiary/aromatic N) is 6. The van der Waals surface area contributed by atoms with Crippen LogP contribution >= 0.6 is 0 Å². The van der Waals surface area contributed by atoms with E-state index in [9.17, 15) is 28.0 Å². The second-order valence-electron chi connectivity index (χ2n) is 8.28. The molecule has 0 bridgehead atoms. The summed E-state index contributed by atoms with van der Waals surface area (Å²) >= 11 is 0. The van der Waals surface area contributed by atoms with E-state index in [2.05, 4.69) is 25.4 Å². The zero-order valence-corrected chi connectivity index (χ0v) is 23.8. The number of fused-ring (bicyclic) bond motifs is 2. The van der Waals surface area contributed by atoms with Gasteiger partial charge in [-0.1, -0.05) is 11.8 Å². The number of hydrogen-bond donors (Lipinski definition) is 4. The Morgan fingerprint density at radius 1 is 0.854 bits per heavy atom. The van der Waals surface area contributed by atoms with Gasteiger partial charge in [0.1, 0.15) is 17.1 Å². The van der Waals surface area contributed by atoms with Crippen LogP contribution < -0.4 is 34.7 Å². The maximum Gasteiger partial charge on any atom is 1.00 e. The molecule has 4 N–H and O–H groups in total. The van der Waals surface area contributed by atoms with Gasteiger partial charge in [0.05, 0.1) is 17.1 Å². The Morgan fingerprint density at radius 3 is 2.29 bits per heavy atom. The number of allylic oxidation sites excluding steroid dienone is 12. The van der Waals surface area contributed by atoms with Crippen molar-refractivity contribution < 1.29 is 68.0 Å². The van der Waals surface area contributed by atoms with E-state index in [1.807, 2.05) is 0 Å². The van der Waals surface area contributed by atoms with Crippen molar-refractivity contribution in [2.24, 2.45) is 20.4 Å². The van der Waals surface area contributed by atoms with Crippen LogP contribution in [0.1, 0.15) is 16.1 Å². The Balaban J connectivity index is 0.00000387. The molecule has 41 heavy (non-hydrogen) atoms. The molecule has 1 aromatic rings. The fourth-order valence-electron chi connectivity index (χ4n) is 3.83. The molecule has 1 heterocycles. The van der Waals surface area contributed by atoms with Crippen LogP contribution in [0.3, 0.4) is 0 Å². The summed E-state index contributed by atoms with van der Waals surface area (Å²) < 4.78 is 32.0. The Hall–Kier alpha value is -4.06. The van der Waals surface area contributed by atoms with Crippen molar-refractivity contribution in [1.29, 1.82) is 0 Å². The molecule has 0 aliphatic heterocycles. The first-order valence-electron chi connectivity index (χ1n) is 11.2. The molecular formula is C25H16N6NaO8S+. The molecule has 0 atom stereocenters. The van der Waals surface area contributed by atoms with Crippen LogP contribution in [0, 0.1) is 0 Å². The van der Waals surface area contributed by atoms with Crippen molar-refractivity contribution in [1.82, 2.24) is 10.2 Å². The van der Waals surface area contributed by atoms with E-state index >= 15 is 0 Å². The van der Waals surface area contributed by atoms with Crippen LogP contribution in [-0.4, -0.2) is 64.1 Å². The zero-order valence-electron chi connectivity index (χ0n) is 20.9. The van der Waals surface area contributed by atoms with Gasteiger partial charge in [-0.15, -0.1) is 20.5 Å². The van der Waals surface area contributed by atoms with Crippen molar-refractivity contribution in [2.45, 2.75) is 0 Å². The van der Waals surface area contributed by atoms with Gasteiger partial charge in [-0.25, -0.2) is 0 Å². The summed E-state index contributed by atoms with van der Waals surface area (Å²) in [5.41, 5.74) is 0.250.